The standard InChI is InChI=1S/C20H22N2O4S/c1-13(15-8-10-17(11-9-15)27(3,24)25)21-20(23)22-14(2)19-12-16-6-4-5-7-18(16)26-19/h4-14H,1-3H3,(H2,21,22,23)/t13-,14+/m1/s1. The fourth-order valence-corrected chi connectivity index (χ4v) is 3.44. The first-order chi connectivity index (χ1) is 12.7. The number of hydrogen-bond donors (Lipinski definition) is 2. The molecule has 0 aliphatic carbocycles. The van der Waals surface area contributed by atoms with Gasteiger partial charge in [0.15, 0.2) is 9.84 Å². The topological polar surface area (TPSA) is 88.4 Å². The number of fused-ring (bicyclic) bond motifs is 1. The summed E-state index contributed by atoms with van der Waals surface area (Å²) in [5.41, 5.74) is 1.59. The van der Waals surface area contributed by atoms with Crippen molar-refractivity contribution < 1.29 is 17.6 Å². The van der Waals surface area contributed by atoms with Gasteiger partial charge in [0.25, 0.3) is 0 Å². The summed E-state index contributed by atoms with van der Waals surface area (Å²) in [6.45, 7) is 3.68. The Morgan fingerprint density at radius 2 is 1.59 bits per heavy atom. The van der Waals surface area contributed by atoms with E-state index in [0.717, 1.165) is 22.8 Å². The van der Waals surface area contributed by atoms with E-state index < -0.39 is 9.84 Å². The number of rotatable bonds is 5. The summed E-state index contributed by atoms with van der Waals surface area (Å²) < 4.78 is 28.8. The zero-order valence-electron chi connectivity index (χ0n) is 15.4. The van der Waals surface area contributed by atoms with E-state index in [9.17, 15) is 13.2 Å². The van der Waals surface area contributed by atoms with Crippen molar-refractivity contribution in [3.05, 3.63) is 65.9 Å². The zero-order valence-corrected chi connectivity index (χ0v) is 16.2. The van der Waals surface area contributed by atoms with Gasteiger partial charge in [0.1, 0.15) is 11.3 Å². The van der Waals surface area contributed by atoms with Crippen LogP contribution in [0.1, 0.15) is 37.3 Å². The van der Waals surface area contributed by atoms with E-state index in [4.69, 9.17) is 4.42 Å². The Morgan fingerprint density at radius 3 is 2.22 bits per heavy atom. The van der Waals surface area contributed by atoms with Crippen molar-refractivity contribution in [2.45, 2.75) is 30.8 Å². The van der Waals surface area contributed by atoms with Crippen molar-refractivity contribution in [3.63, 3.8) is 0 Å². The van der Waals surface area contributed by atoms with Crippen LogP contribution in [0.3, 0.4) is 0 Å². The van der Waals surface area contributed by atoms with E-state index in [0.29, 0.717) is 5.76 Å². The minimum absolute atomic E-state index is 0.251. The number of carbonyl (C=O) groups is 1. The Labute approximate surface area is 158 Å². The molecule has 1 heterocycles. The second kappa shape index (κ2) is 7.44. The predicted octanol–water partition coefficient (Wildman–Crippen LogP) is 3.96. The number of sulfone groups is 1. The van der Waals surface area contributed by atoms with E-state index >= 15 is 0 Å². The number of nitrogens with one attached hydrogen (secondary N) is 2. The second-order valence-electron chi connectivity index (χ2n) is 6.59. The molecule has 2 aromatic carbocycles. The minimum atomic E-state index is -3.24. The first kappa shape index (κ1) is 19.0. The number of hydrogen-bond acceptors (Lipinski definition) is 4. The molecule has 0 aliphatic rings. The molecule has 0 unspecified atom stereocenters. The van der Waals surface area contributed by atoms with Gasteiger partial charge < -0.3 is 15.1 Å². The molecule has 0 saturated heterocycles. The number of benzene rings is 2. The van der Waals surface area contributed by atoms with Crippen LogP contribution in [0, 0.1) is 0 Å². The Hall–Kier alpha value is -2.80. The minimum Gasteiger partial charge on any atom is -0.459 e. The molecule has 3 aromatic rings. The molecule has 0 saturated carbocycles. The van der Waals surface area contributed by atoms with E-state index in [1.54, 1.807) is 12.1 Å². The van der Waals surface area contributed by atoms with Gasteiger partial charge in [0.2, 0.25) is 0 Å². The average molecular weight is 386 g/mol. The number of carbonyl (C=O) groups excluding carboxylic acids is 1. The summed E-state index contributed by atoms with van der Waals surface area (Å²) >= 11 is 0. The molecule has 27 heavy (non-hydrogen) atoms. The van der Waals surface area contributed by atoms with Gasteiger partial charge in [-0.3, -0.25) is 0 Å². The summed E-state index contributed by atoms with van der Waals surface area (Å²) in [5.74, 6) is 0.677. The molecule has 2 N–H and O–H groups in total. The van der Waals surface area contributed by atoms with Gasteiger partial charge in [-0.15, -0.1) is 0 Å². The average Bonchev–Trinajstić information content (AvgIpc) is 3.05. The Morgan fingerprint density at radius 1 is 0.963 bits per heavy atom. The lowest BCUT2D eigenvalue weighted by Crippen LogP contribution is -2.38. The lowest BCUT2D eigenvalue weighted by molar-refractivity contribution is 0.233. The molecule has 1 aromatic heterocycles. The molecule has 0 spiro atoms. The van der Waals surface area contributed by atoms with Crippen LogP contribution in [0.5, 0.6) is 0 Å². The highest BCUT2D eigenvalue weighted by Gasteiger charge is 2.16. The smallest absolute Gasteiger partial charge is 0.315 e. The van der Waals surface area contributed by atoms with E-state index in [-0.39, 0.29) is 23.0 Å². The normalized spacial score (nSPS) is 13.9. The van der Waals surface area contributed by atoms with Crippen molar-refractivity contribution in [2.24, 2.45) is 0 Å². The Balaban J connectivity index is 1.62. The molecular formula is C20H22N2O4S. The quantitative estimate of drug-likeness (QED) is 0.695. The fourth-order valence-electron chi connectivity index (χ4n) is 2.81. The third-order valence-electron chi connectivity index (χ3n) is 4.37. The predicted molar refractivity (Wildman–Crippen MR) is 104 cm³/mol. The largest absolute Gasteiger partial charge is 0.459 e. The van der Waals surface area contributed by atoms with Crippen LogP contribution in [0.4, 0.5) is 4.79 Å². The van der Waals surface area contributed by atoms with E-state index in [1.165, 1.54) is 12.1 Å². The second-order valence-corrected chi connectivity index (χ2v) is 8.60. The van der Waals surface area contributed by atoms with Crippen LogP contribution >= 0.6 is 0 Å². The molecule has 3 rings (SSSR count). The van der Waals surface area contributed by atoms with Crippen molar-refractivity contribution in [1.82, 2.24) is 10.6 Å². The van der Waals surface area contributed by atoms with Gasteiger partial charge in [-0.05, 0) is 43.7 Å². The van der Waals surface area contributed by atoms with Crippen LogP contribution in [-0.4, -0.2) is 20.7 Å². The van der Waals surface area contributed by atoms with Crippen LogP contribution in [-0.2, 0) is 9.84 Å². The van der Waals surface area contributed by atoms with Gasteiger partial charge in [0, 0.05) is 11.6 Å². The lowest BCUT2D eigenvalue weighted by atomic mass is 10.1. The Bertz CT molecular complexity index is 1020. The maximum Gasteiger partial charge on any atom is 0.315 e. The fraction of sp³-hybridized carbons (Fsp3) is 0.250. The van der Waals surface area contributed by atoms with Crippen molar-refractivity contribution in [2.75, 3.05) is 6.26 Å². The summed E-state index contributed by atoms with van der Waals surface area (Å²) in [5, 5.41) is 6.69. The lowest BCUT2D eigenvalue weighted by Gasteiger charge is -2.17. The van der Waals surface area contributed by atoms with Crippen molar-refractivity contribution in [3.8, 4) is 0 Å². The molecule has 0 radical (unpaired) electrons. The summed E-state index contributed by atoms with van der Waals surface area (Å²) in [4.78, 5) is 12.5. The van der Waals surface area contributed by atoms with Gasteiger partial charge >= 0.3 is 6.03 Å². The molecular weight excluding hydrogens is 364 g/mol. The number of para-hydroxylation sites is 1. The van der Waals surface area contributed by atoms with Crippen LogP contribution < -0.4 is 10.6 Å². The third kappa shape index (κ3) is 4.49. The van der Waals surface area contributed by atoms with Crippen LogP contribution in [0.2, 0.25) is 0 Å². The highest BCUT2D eigenvalue weighted by molar-refractivity contribution is 7.90. The highest BCUT2D eigenvalue weighted by Crippen LogP contribution is 2.23. The molecule has 0 fully saturated rings. The highest BCUT2D eigenvalue weighted by atomic mass is 32.2. The molecule has 0 bridgehead atoms. The monoisotopic (exact) mass is 386 g/mol. The summed E-state index contributed by atoms with van der Waals surface area (Å²) in [6, 6.07) is 15.2. The van der Waals surface area contributed by atoms with Crippen LogP contribution in [0.25, 0.3) is 11.0 Å². The number of furan rings is 1. The zero-order chi connectivity index (χ0) is 19.6. The van der Waals surface area contributed by atoms with Crippen LogP contribution in [0.15, 0.2) is 63.9 Å². The first-order valence-corrected chi connectivity index (χ1v) is 10.5. The molecule has 2 atom stereocenters. The molecule has 6 nitrogen and oxygen atoms in total. The SMILES string of the molecule is C[C@H](NC(=O)N[C@H](C)c1ccc(S(C)(=O)=O)cc1)c1cc2ccccc2o1. The maximum absolute atomic E-state index is 12.3. The summed E-state index contributed by atoms with van der Waals surface area (Å²) in [7, 11) is -3.24. The van der Waals surface area contributed by atoms with E-state index in [1.807, 2.05) is 44.2 Å². The number of amides is 2. The maximum atomic E-state index is 12.3. The number of urea groups is 1. The molecule has 7 heteroatoms. The van der Waals surface area contributed by atoms with Gasteiger partial charge in [-0.25, -0.2) is 13.2 Å². The molecule has 142 valence electrons. The first-order valence-electron chi connectivity index (χ1n) is 8.59. The van der Waals surface area contributed by atoms with Gasteiger partial charge in [-0.1, -0.05) is 30.3 Å². The van der Waals surface area contributed by atoms with Crippen molar-refractivity contribution >= 4 is 26.8 Å². The van der Waals surface area contributed by atoms with Gasteiger partial charge in [-0.2, -0.15) is 0 Å². The van der Waals surface area contributed by atoms with E-state index in [2.05, 4.69) is 10.6 Å². The van der Waals surface area contributed by atoms with Crippen molar-refractivity contribution in [1.29, 1.82) is 0 Å². The van der Waals surface area contributed by atoms with Gasteiger partial charge in [0.05, 0.1) is 17.0 Å². The summed E-state index contributed by atoms with van der Waals surface area (Å²) in [6.07, 6.45) is 1.16. The molecule has 0 aliphatic heterocycles. The third-order valence-corrected chi connectivity index (χ3v) is 5.50. The molecule has 2 amide bonds. The Kier molecular flexibility index (Phi) is 5.23.